The van der Waals surface area contributed by atoms with E-state index in [1.165, 1.54) is 16.7 Å². The third-order valence-corrected chi connectivity index (χ3v) is 4.52. The molecule has 0 bridgehead atoms. The van der Waals surface area contributed by atoms with Crippen LogP contribution in [0.25, 0.3) is 5.57 Å². The third kappa shape index (κ3) is 2.76. The second-order valence-electron chi connectivity index (χ2n) is 5.84. The molecule has 0 saturated heterocycles. The number of hydrogen-bond donors (Lipinski definition) is 0. The smallest absolute Gasteiger partial charge is 0.170 e. The van der Waals surface area contributed by atoms with Crippen LogP contribution in [0.15, 0.2) is 17.9 Å². The summed E-state index contributed by atoms with van der Waals surface area (Å²) in [5.74, 6) is 1.23. The summed E-state index contributed by atoms with van der Waals surface area (Å²) in [6.45, 7) is 8.51. The van der Waals surface area contributed by atoms with E-state index in [1.807, 2.05) is 0 Å². The van der Waals surface area contributed by atoms with Crippen LogP contribution in [0.2, 0.25) is 0 Å². The molecule has 2 rings (SSSR count). The first kappa shape index (κ1) is 15.8. The number of Topliss-reactive ketones (excluding diaryl/α,β-unsaturated/α-hetero) is 1. The number of ether oxygens (including phenoxy) is 1. The van der Waals surface area contributed by atoms with Crippen molar-refractivity contribution in [1.82, 2.24) is 0 Å². The van der Waals surface area contributed by atoms with E-state index in [-0.39, 0.29) is 11.7 Å². The largest absolute Gasteiger partial charge is 0.500 e. The molecule has 2 heteroatoms. The molecule has 0 saturated carbocycles. The van der Waals surface area contributed by atoms with Gasteiger partial charge in [0, 0.05) is 12.3 Å². The van der Waals surface area contributed by atoms with E-state index in [2.05, 4.69) is 39.8 Å². The van der Waals surface area contributed by atoms with E-state index < -0.39 is 0 Å². The van der Waals surface area contributed by atoms with Gasteiger partial charge in [0.25, 0.3) is 0 Å². The first-order valence-corrected chi connectivity index (χ1v) is 8.01. The number of hydrogen-bond acceptors (Lipinski definition) is 2. The van der Waals surface area contributed by atoms with Gasteiger partial charge in [-0.2, -0.15) is 0 Å². The van der Waals surface area contributed by atoms with Gasteiger partial charge in [-0.25, -0.2) is 0 Å². The molecular formula is C19H26O2. The Morgan fingerprint density at radius 2 is 1.71 bits per heavy atom. The first-order valence-electron chi connectivity index (χ1n) is 8.01. The molecule has 1 aromatic carbocycles. The Hall–Kier alpha value is -1.57. The number of carbonyl (C=O) groups excluding carboxylic acids is 1. The molecule has 0 spiro atoms. The highest BCUT2D eigenvalue weighted by Crippen LogP contribution is 2.40. The summed E-state index contributed by atoms with van der Waals surface area (Å²) in [5, 5.41) is 0. The monoisotopic (exact) mass is 286 g/mol. The highest BCUT2D eigenvalue weighted by Gasteiger charge is 2.35. The number of benzene rings is 1. The summed E-state index contributed by atoms with van der Waals surface area (Å²) >= 11 is 0. The molecule has 1 aromatic rings. The van der Waals surface area contributed by atoms with Crippen LogP contribution >= 0.6 is 0 Å². The fourth-order valence-electron chi connectivity index (χ4n) is 3.36. The fraction of sp³-hybridized carbons (Fsp3) is 0.526. The van der Waals surface area contributed by atoms with Gasteiger partial charge in [-0.05, 0) is 42.9 Å². The lowest BCUT2D eigenvalue weighted by molar-refractivity contribution is -0.116. The Kier molecular flexibility index (Phi) is 4.87. The Balaban J connectivity index is 2.67. The Morgan fingerprint density at radius 3 is 2.14 bits per heavy atom. The van der Waals surface area contributed by atoms with Crippen molar-refractivity contribution < 1.29 is 9.53 Å². The number of methoxy groups -OCH3 is 1. The molecule has 1 aliphatic carbocycles. The van der Waals surface area contributed by atoms with Gasteiger partial charge in [0.05, 0.1) is 12.7 Å². The zero-order valence-corrected chi connectivity index (χ0v) is 13.9. The predicted molar refractivity (Wildman–Crippen MR) is 87.3 cm³/mol. The predicted octanol–water partition coefficient (Wildman–Crippen LogP) is 4.48. The van der Waals surface area contributed by atoms with Gasteiger partial charge in [0.1, 0.15) is 5.76 Å². The number of aryl methyl sites for hydroxylation is 3. The van der Waals surface area contributed by atoms with Crippen LogP contribution < -0.4 is 0 Å². The minimum absolute atomic E-state index is 0.0886. The summed E-state index contributed by atoms with van der Waals surface area (Å²) in [5.41, 5.74) is 5.79. The van der Waals surface area contributed by atoms with Gasteiger partial charge < -0.3 is 4.74 Å². The highest BCUT2D eigenvalue weighted by atomic mass is 16.5. The molecule has 1 unspecified atom stereocenters. The Morgan fingerprint density at radius 1 is 1.14 bits per heavy atom. The van der Waals surface area contributed by atoms with Gasteiger partial charge >= 0.3 is 0 Å². The molecule has 0 radical (unpaired) electrons. The molecule has 1 aliphatic rings. The van der Waals surface area contributed by atoms with Crippen molar-refractivity contribution in [2.75, 3.05) is 7.11 Å². The molecule has 21 heavy (non-hydrogen) atoms. The van der Waals surface area contributed by atoms with Crippen molar-refractivity contribution in [2.24, 2.45) is 5.92 Å². The standard InChI is InChI=1S/C19H26O2/c1-6-13-9-12(4)10-14(7-2)17(13)18-16(21-5)11-15(8-3)19(18)20/h9-10,15H,6-8,11H2,1-5H3. The van der Waals surface area contributed by atoms with E-state index in [0.717, 1.165) is 42.6 Å². The summed E-state index contributed by atoms with van der Waals surface area (Å²) < 4.78 is 5.57. The number of allylic oxidation sites excluding steroid dienone is 2. The quantitative estimate of drug-likeness (QED) is 0.798. The maximum absolute atomic E-state index is 12.8. The minimum atomic E-state index is 0.0886. The summed E-state index contributed by atoms with van der Waals surface area (Å²) in [6, 6.07) is 4.42. The van der Waals surface area contributed by atoms with Crippen LogP contribution in [0.4, 0.5) is 0 Å². The molecule has 0 heterocycles. The highest BCUT2D eigenvalue weighted by molar-refractivity contribution is 6.25. The normalized spacial score (nSPS) is 18.5. The molecule has 0 N–H and O–H groups in total. The lowest BCUT2D eigenvalue weighted by Crippen LogP contribution is -2.11. The zero-order valence-electron chi connectivity index (χ0n) is 13.9. The van der Waals surface area contributed by atoms with Crippen molar-refractivity contribution >= 4 is 11.4 Å². The second kappa shape index (κ2) is 6.46. The average molecular weight is 286 g/mol. The van der Waals surface area contributed by atoms with E-state index in [4.69, 9.17) is 4.74 Å². The lowest BCUT2D eigenvalue weighted by atomic mass is 9.87. The summed E-state index contributed by atoms with van der Waals surface area (Å²) in [7, 11) is 1.69. The summed E-state index contributed by atoms with van der Waals surface area (Å²) in [6.07, 6.45) is 3.51. The molecule has 2 nitrogen and oxygen atoms in total. The van der Waals surface area contributed by atoms with Crippen LogP contribution in [0, 0.1) is 12.8 Å². The van der Waals surface area contributed by atoms with Gasteiger partial charge in [-0.1, -0.05) is 38.5 Å². The van der Waals surface area contributed by atoms with Gasteiger partial charge in [0.2, 0.25) is 0 Å². The first-order chi connectivity index (χ1) is 10.1. The summed E-state index contributed by atoms with van der Waals surface area (Å²) in [4.78, 5) is 12.8. The number of carbonyl (C=O) groups is 1. The topological polar surface area (TPSA) is 26.3 Å². The maximum atomic E-state index is 12.8. The van der Waals surface area contributed by atoms with Crippen molar-refractivity contribution in [1.29, 1.82) is 0 Å². The maximum Gasteiger partial charge on any atom is 0.170 e. The van der Waals surface area contributed by atoms with Crippen molar-refractivity contribution in [3.05, 3.63) is 40.1 Å². The van der Waals surface area contributed by atoms with Crippen molar-refractivity contribution in [2.45, 2.75) is 53.4 Å². The van der Waals surface area contributed by atoms with Crippen molar-refractivity contribution in [3.63, 3.8) is 0 Å². The van der Waals surface area contributed by atoms with Crippen LogP contribution in [-0.4, -0.2) is 12.9 Å². The van der Waals surface area contributed by atoms with E-state index >= 15 is 0 Å². The van der Waals surface area contributed by atoms with Gasteiger partial charge in [0.15, 0.2) is 5.78 Å². The average Bonchev–Trinajstić information content (AvgIpc) is 2.82. The van der Waals surface area contributed by atoms with Crippen LogP contribution in [0.1, 0.15) is 55.9 Å². The molecule has 0 amide bonds. The van der Waals surface area contributed by atoms with Gasteiger partial charge in [-0.15, -0.1) is 0 Å². The third-order valence-electron chi connectivity index (χ3n) is 4.52. The van der Waals surface area contributed by atoms with Crippen LogP contribution in [-0.2, 0) is 22.4 Å². The zero-order chi connectivity index (χ0) is 15.6. The molecule has 114 valence electrons. The van der Waals surface area contributed by atoms with Gasteiger partial charge in [-0.3, -0.25) is 4.79 Å². The van der Waals surface area contributed by atoms with E-state index in [1.54, 1.807) is 7.11 Å². The second-order valence-corrected chi connectivity index (χ2v) is 5.84. The van der Waals surface area contributed by atoms with Crippen LogP contribution in [0.3, 0.4) is 0 Å². The SMILES string of the molecule is CCc1cc(C)cc(CC)c1C1=C(OC)CC(CC)C1=O. The Labute approximate surface area is 128 Å². The van der Waals surface area contributed by atoms with E-state index in [9.17, 15) is 4.79 Å². The van der Waals surface area contributed by atoms with E-state index in [0.29, 0.717) is 0 Å². The Bertz CT molecular complexity index is 556. The lowest BCUT2D eigenvalue weighted by Gasteiger charge is -2.16. The number of ketones is 1. The fourth-order valence-corrected chi connectivity index (χ4v) is 3.36. The minimum Gasteiger partial charge on any atom is -0.500 e. The molecule has 0 aliphatic heterocycles. The molecule has 1 atom stereocenters. The molecule has 0 aromatic heterocycles. The number of rotatable bonds is 5. The van der Waals surface area contributed by atoms with Crippen LogP contribution in [0.5, 0.6) is 0 Å². The molecule has 0 fully saturated rings. The van der Waals surface area contributed by atoms with Crippen molar-refractivity contribution in [3.8, 4) is 0 Å². The molecular weight excluding hydrogens is 260 g/mol.